The van der Waals surface area contributed by atoms with E-state index in [1.54, 1.807) is 0 Å². The quantitative estimate of drug-likeness (QED) is 0.345. The van der Waals surface area contributed by atoms with E-state index in [1.807, 2.05) is 26.0 Å². The smallest absolute Gasteiger partial charge is 0.0665 e. The minimum absolute atomic E-state index is 0.766. The van der Waals surface area contributed by atoms with Crippen LogP contribution in [0.3, 0.4) is 0 Å². The lowest BCUT2D eigenvalue weighted by Gasteiger charge is -1.95. The van der Waals surface area contributed by atoms with Gasteiger partial charge in [-0.05, 0) is 19.4 Å². The largest absolute Gasteiger partial charge is 0.167 e. The number of hydrogen-bond acceptors (Lipinski definition) is 2. The SMILES string of the molecule is C=N/N=C(\C)C(=C)/C=C\C(=C)C. The molecule has 0 unspecified atom stereocenters. The molecular formula is C10H14N2. The second-order valence-corrected chi connectivity index (χ2v) is 2.53. The van der Waals surface area contributed by atoms with Crippen LogP contribution in [0.1, 0.15) is 13.8 Å². The van der Waals surface area contributed by atoms with E-state index in [9.17, 15) is 0 Å². The molecule has 0 atom stereocenters. The van der Waals surface area contributed by atoms with Crippen molar-refractivity contribution in [3.05, 3.63) is 36.5 Å². The molecule has 0 aliphatic rings. The van der Waals surface area contributed by atoms with Gasteiger partial charge in [-0.15, -0.1) is 0 Å². The number of rotatable bonds is 4. The van der Waals surface area contributed by atoms with Crippen molar-refractivity contribution in [3.8, 4) is 0 Å². The van der Waals surface area contributed by atoms with Gasteiger partial charge in [-0.1, -0.05) is 30.9 Å². The highest BCUT2D eigenvalue weighted by Gasteiger charge is 1.91. The second kappa shape index (κ2) is 5.24. The molecule has 0 heterocycles. The van der Waals surface area contributed by atoms with Crippen molar-refractivity contribution in [2.24, 2.45) is 10.2 Å². The van der Waals surface area contributed by atoms with Gasteiger partial charge in [0.05, 0.1) is 5.71 Å². The number of allylic oxidation sites excluding steroid dienone is 4. The molecule has 0 aliphatic heterocycles. The van der Waals surface area contributed by atoms with Crippen LogP contribution in [0.2, 0.25) is 0 Å². The highest BCUT2D eigenvalue weighted by molar-refractivity contribution is 6.00. The van der Waals surface area contributed by atoms with E-state index in [2.05, 4.69) is 30.1 Å². The molecule has 0 rings (SSSR count). The third-order valence-electron chi connectivity index (χ3n) is 1.25. The van der Waals surface area contributed by atoms with Crippen LogP contribution in [0.4, 0.5) is 0 Å². The van der Waals surface area contributed by atoms with Gasteiger partial charge in [-0.2, -0.15) is 10.2 Å². The normalized spacial score (nSPS) is 11.7. The van der Waals surface area contributed by atoms with Gasteiger partial charge in [0.15, 0.2) is 0 Å². The fourth-order valence-electron chi connectivity index (χ4n) is 0.534. The molecule has 0 fully saturated rings. The Labute approximate surface area is 73.7 Å². The van der Waals surface area contributed by atoms with E-state index in [1.165, 1.54) is 0 Å². The Hall–Kier alpha value is -1.44. The average Bonchev–Trinajstić information content (AvgIpc) is 2.00. The molecule has 0 N–H and O–H groups in total. The maximum absolute atomic E-state index is 3.80. The average molecular weight is 162 g/mol. The highest BCUT2D eigenvalue weighted by Crippen LogP contribution is 2.00. The summed E-state index contributed by atoms with van der Waals surface area (Å²) in [6.07, 6.45) is 3.73. The summed E-state index contributed by atoms with van der Waals surface area (Å²) < 4.78 is 0. The summed E-state index contributed by atoms with van der Waals surface area (Å²) in [4.78, 5) is 0. The number of nitrogens with zero attached hydrogens (tertiary/aromatic N) is 2. The van der Waals surface area contributed by atoms with Crippen LogP contribution < -0.4 is 0 Å². The zero-order valence-corrected chi connectivity index (χ0v) is 7.67. The van der Waals surface area contributed by atoms with E-state index in [-0.39, 0.29) is 0 Å². The summed E-state index contributed by atoms with van der Waals surface area (Å²) in [6, 6.07) is 0. The van der Waals surface area contributed by atoms with Gasteiger partial charge in [0.25, 0.3) is 0 Å². The minimum atomic E-state index is 0.766. The van der Waals surface area contributed by atoms with E-state index >= 15 is 0 Å². The fourth-order valence-corrected chi connectivity index (χ4v) is 0.534. The fraction of sp³-hybridized carbons (Fsp3) is 0.200. The van der Waals surface area contributed by atoms with Gasteiger partial charge in [0.1, 0.15) is 0 Å². The van der Waals surface area contributed by atoms with Crippen molar-refractivity contribution < 1.29 is 0 Å². The zero-order valence-electron chi connectivity index (χ0n) is 7.67. The van der Waals surface area contributed by atoms with Crippen molar-refractivity contribution >= 4 is 12.4 Å². The first-order chi connectivity index (χ1) is 5.57. The molecule has 64 valence electrons. The van der Waals surface area contributed by atoms with Crippen LogP contribution in [0, 0.1) is 0 Å². The van der Waals surface area contributed by atoms with Gasteiger partial charge in [-0.25, -0.2) is 0 Å². The first kappa shape index (κ1) is 10.6. The van der Waals surface area contributed by atoms with Crippen LogP contribution in [0.15, 0.2) is 46.7 Å². The molecule has 0 saturated carbocycles. The monoisotopic (exact) mass is 162 g/mol. The molecule has 0 amide bonds. The van der Waals surface area contributed by atoms with Crippen LogP contribution in [-0.4, -0.2) is 12.4 Å². The first-order valence-electron chi connectivity index (χ1n) is 3.61. The molecule has 0 aromatic carbocycles. The Bertz CT molecular complexity index is 257. The van der Waals surface area contributed by atoms with E-state index in [0.29, 0.717) is 0 Å². The van der Waals surface area contributed by atoms with Gasteiger partial charge < -0.3 is 0 Å². The summed E-state index contributed by atoms with van der Waals surface area (Å²) in [7, 11) is 0. The molecule has 0 aromatic heterocycles. The first-order valence-corrected chi connectivity index (χ1v) is 3.61. The van der Waals surface area contributed by atoms with Gasteiger partial charge >= 0.3 is 0 Å². The van der Waals surface area contributed by atoms with Crippen LogP contribution in [-0.2, 0) is 0 Å². The lowest BCUT2D eigenvalue weighted by Crippen LogP contribution is -1.91. The highest BCUT2D eigenvalue weighted by atomic mass is 15.2. The van der Waals surface area contributed by atoms with Crippen LogP contribution in [0.5, 0.6) is 0 Å². The van der Waals surface area contributed by atoms with Crippen molar-refractivity contribution in [1.82, 2.24) is 0 Å². The standard InChI is InChI=1S/C10H14N2/c1-8(2)6-7-9(3)10(4)12-11-5/h6-7H,1,3,5H2,2,4H3/b7-6-,12-10+. The summed E-state index contributed by atoms with van der Waals surface area (Å²) >= 11 is 0. The summed E-state index contributed by atoms with van der Waals surface area (Å²) in [5, 5.41) is 7.16. The molecule has 0 saturated heterocycles. The molecule has 2 heteroatoms. The van der Waals surface area contributed by atoms with Gasteiger partial charge in [0, 0.05) is 6.72 Å². The molecule has 0 aromatic rings. The predicted octanol–water partition coefficient (Wildman–Crippen LogP) is 2.75. The lowest BCUT2D eigenvalue weighted by atomic mass is 10.1. The van der Waals surface area contributed by atoms with E-state index < -0.39 is 0 Å². The van der Waals surface area contributed by atoms with E-state index in [4.69, 9.17) is 0 Å². The molecule has 0 spiro atoms. The number of hydrogen-bond donors (Lipinski definition) is 0. The van der Waals surface area contributed by atoms with Crippen molar-refractivity contribution in [3.63, 3.8) is 0 Å². The third-order valence-corrected chi connectivity index (χ3v) is 1.25. The minimum Gasteiger partial charge on any atom is -0.167 e. The maximum atomic E-state index is 3.80. The van der Waals surface area contributed by atoms with Gasteiger partial charge in [-0.3, -0.25) is 0 Å². The summed E-state index contributed by atoms with van der Waals surface area (Å²) in [5.74, 6) is 0. The third kappa shape index (κ3) is 4.39. The zero-order chi connectivity index (χ0) is 9.56. The Morgan fingerprint density at radius 3 is 2.17 bits per heavy atom. The van der Waals surface area contributed by atoms with Crippen molar-refractivity contribution in [2.75, 3.05) is 0 Å². The molecule has 12 heavy (non-hydrogen) atoms. The molecule has 0 aliphatic carbocycles. The summed E-state index contributed by atoms with van der Waals surface area (Å²) in [6.45, 7) is 14.5. The Morgan fingerprint density at radius 1 is 1.17 bits per heavy atom. The lowest BCUT2D eigenvalue weighted by molar-refractivity contribution is 1.25. The molecule has 0 radical (unpaired) electrons. The van der Waals surface area contributed by atoms with Crippen molar-refractivity contribution in [1.29, 1.82) is 0 Å². The van der Waals surface area contributed by atoms with Crippen molar-refractivity contribution in [2.45, 2.75) is 13.8 Å². The summed E-state index contributed by atoms with van der Waals surface area (Å²) in [5.41, 5.74) is 2.57. The Balaban J connectivity index is 4.32. The van der Waals surface area contributed by atoms with Gasteiger partial charge in [0.2, 0.25) is 0 Å². The van der Waals surface area contributed by atoms with Crippen LogP contribution >= 0.6 is 0 Å². The Morgan fingerprint density at radius 2 is 1.75 bits per heavy atom. The topological polar surface area (TPSA) is 24.7 Å². The predicted molar refractivity (Wildman–Crippen MR) is 55.8 cm³/mol. The molecular weight excluding hydrogens is 148 g/mol. The maximum Gasteiger partial charge on any atom is 0.0665 e. The second-order valence-electron chi connectivity index (χ2n) is 2.53. The van der Waals surface area contributed by atoms with E-state index in [0.717, 1.165) is 16.9 Å². The molecule has 0 bridgehead atoms. The molecule has 2 nitrogen and oxygen atoms in total. The Kier molecular flexibility index (Phi) is 4.61. The van der Waals surface area contributed by atoms with Crippen LogP contribution in [0.25, 0.3) is 0 Å².